The van der Waals surface area contributed by atoms with Crippen molar-refractivity contribution in [3.63, 3.8) is 0 Å². The van der Waals surface area contributed by atoms with E-state index in [4.69, 9.17) is 8.53 Å². The fraction of sp³-hybridized carbons (Fsp3) is 0.406. The molecule has 13 rings (SSSR count). The Balaban J connectivity index is 1.27. The molecule has 346 valence electrons. The Morgan fingerprint density at radius 3 is 1.75 bits per heavy atom. The van der Waals surface area contributed by atoms with Gasteiger partial charge in [-0.15, -0.1) is 0 Å². The first-order valence-electron chi connectivity index (χ1n) is 27.9. The molecule has 0 radical (unpaired) electrons. The van der Waals surface area contributed by atoms with E-state index in [-0.39, 0.29) is 68.9 Å². The number of benzene rings is 6. The van der Waals surface area contributed by atoms with Gasteiger partial charge in [-0.2, -0.15) is 0 Å². The van der Waals surface area contributed by atoms with Crippen LogP contribution < -0.4 is 26.2 Å². The van der Waals surface area contributed by atoms with Crippen molar-refractivity contribution in [3.8, 4) is 11.1 Å². The van der Waals surface area contributed by atoms with Crippen LogP contribution in [0.5, 0.6) is 0 Å². The highest BCUT2D eigenvalue weighted by Crippen LogP contribution is 2.58. The molecule has 1 aromatic heterocycles. The smallest absolute Gasteiger partial charge is 0.257 e. The maximum Gasteiger partial charge on any atom is 0.257 e. The van der Waals surface area contributed by atoms with Crippen LogP contribution in [-0.2, 0) is 32.5 Å². The molecular weight excluding hydrogens is 824 g/mol. The lowest BCUT2D eigenvalue weighted by molar-refractivity contribution is 0.188. The standard InChI is InChI=1S/C64H71BN2O/c1-38-30-43(60(6,7)8)31-39(2)57(38)67-51-23-20-42(59(3,4)5)34-50(51)65-55-45-36-48-49(64(14)28-26-63(48,13)27-29-64)37-54(45)68-58(55)66(44-21-22-46-47(35-44)62(11,12)25-24-61(46,9)10)52-32-41(33-53(67)56(52)65)40-18-16-15-17-19-40/h15-23,30-37H,24-29H2,1-14H3/i15D,16D,17D,18D,19D. The third-order valence-corrected chi connectivity index (χ3v) is 17.9. The maximum atomic E-state index is 9.48. The van der Waals surface area contributed by atoms with Crippen LogP contribution in [0.3, 0.4) is 0 Å². The minimum atomic E-state index is -0.402. The summed E-state index contributed by atoms with van der Waals surface area (Å²) in [6.07, 6.45) is 6.84. The Bertz CT molecular complexity index is 3530. The number of furan rings is 1. The van der Waals surface area contributed by atoms with Gasteiger partial charge >= 0.3 is 0 Å². The van der Waals surface area contributed by atoms with Crippen LogP contribution >= 0.6 is 0 Å². The minimum Gasteiger partial charge on any atom is -0.440 e. The van der Waals surface area contributed by atoms with Gasteiger partial charge in [-0.05, 0) is 194 Å². The van der Waals surface area contributed by atoms with Gasteiger partial charge in [0.25, 0.3) is 6.71 Å². The second-order valence-corrected chi connectivity index (χ2v) is 25.6. The Labute approximate surface area is 414 Å². The van der Waals surface area contributed by atoms with E-state index in [2.05, 4.69) is 180 Å². The average molecular weight is 900 g/mol. The number of aryl methyl sites for hydroxylation is 2. The molecule has 2 bridgehead atoms. The summed E-state index contributed by atoms with van der Waals surface area (Å²) in [7, 11) is 0. The molecule has 6 aliphatic rings. The van der Waals surface area contributed by atoms with Gasteiger partial charge in [0, 0.05) is 33.6 Å². The van der Waals surface area contributed by atoms with Gasteiger partial charge < -0.3 is 9.32 Å². The van der Waals surface area contributed by atoms with E-state index >= 15 is 0 Å². The summed E-state index contributed by atoms with van der Waals surface area (Å²) in [5.41, 5.74) is 20.2. The molecule has 4 aliphatic carbocycles. The van der Waals surface area contributed by atoms with Crippen molar-refractivity contribution >= 4 is 68.4 Å². The maximum absolute atomic E-state index is 9.48. The number of fused-ring (bicyclic) bond motifs is 9. The van der Waals surface area contributed by atoms with Crippen molar-refractivity contribution in [1.29, 1.82) is 0 Å². The van der Waals surface area contributed by atoms with E-state index in [0.29, 0.717) is 5.56 Å². The fourth-order valence-corrected chi connectivity index (χ4v) is 13.4. The van der Waals surface area contributed by atoms with E-state index in [0.717, 1.165) is 80.2 Å². The van der Waals surface area contributed by atoms with Crippen LogP contribution in [0.4, 0.5) is 34.3 Å². The second kappa shape index (κ2) is 14.1. The molecule has 2 aliphatic heterocycles. The van der Waals surface area contributed by atoms with Crippen molar-refractivity contribution in [2.75, 3.05) is 9.80 Å². The number of nitrogens with zero attached hydrogens (tertiary/aromatic N) is 2. The van der Waals surface area contributed by atoms with Crippen LogP contribution in [0.25, 0.3) is 22.1 Å². The van der Waals surface area contributed by atoms with Crippen LogP contribution in [0, 0.1) is 13.8 Å². The predicted molar refractivity (Wildman–Crippen MR) is 291 cm³/mol. The van der Waals surface area contributed by atoms with Gasteiger partial charge in [-0.1, -0.05) is 144 Å². The van der Waals surface area contributed by atoms with Crippen LogP contribution in [0.1, 0.15) is 173 Å². The molecule has 1 fully saturated rings. The zero-order valence-electron chi connectivity index (χ0n) is 48.1. The highest BCUT2D eigenvalue weighted by Gasteiger charge is 2.51. The summed E-state index contributed by atoms with van der Waals surface area (Å²) in [4.78, 5) is 4.79. The molecule has 1 saturated carbocycles. The molecular formula is C64H71BN2O. The van der Waals surface area contributed by atoms with Gasteiger partial charge in [-0.3, -0.25) is 4.90 Å². The molecule has 0 spiro atoms. The number of anilines is 6. The number of hydrogen-bond donors (Lipinski definition) is 0. The molecule has 0 atom stereocenters. The summed E-state index contributed by atoms with van der Waals surface area (Å²) in [6.45, 7) is 32.3. The second-order valence-electron chi connectivity index (χ2n) is 25.6. The quantitative estimate of drug-likeness (QED) is 0.165. The van der Waals surface area contributed by atoms with Crippen LogP contribution in [0.15, 0.2) is 107 Å². The molecule has 0 N–H and O–H groups in total. The minimum absolute atomic E-state index is 0.00114. The van der Waals surface area contributed by atoms with Gasteiger partial charge in [0.2, 0.25) is 5.88 Å². The third-order valence-electron chi connectivity index (χ3n) is 17.9. The molecule has 0 amide bonds. The molecule has 0 unspecified atom stereocenters. The van der Waals surface area contributed by atoms with Crippen molar-refractivity contribution in [3.05, 3.63) is 148 Å². The van der Waals surface area contributed by atoms with Crippen molar-refractivity contribution < 1.29 is 11.3 Å². The fourth-order valence-electron chi connectivity index (χ4n) is 13.4. The Morgan fingerprint density at radius 2 is 1.13 bits per heavy atom. The largest absolute Gasteiger partial charge is 0.440 e. The Morgan fingerprint density at radius 1 is 0.544 bits per heavy atom. The molecule has 6 aromatic carbocycles. The van der Waals surface area contributed by atoms with E-state index in [1.54, 1.807) is 0 Å². The Kier molecular flexibility index (Phi) is 7.95. The first-order chi connectivity index (χ1) is 34.0. The molecule has 68 heavy (non-hydrogen) atoms. The van der Waals surface area contributed by atoms with E-state index in [9.17, 15) is 2.74 Å². The van der Waals surface area contributed by atoms with Crippen LogP contribution in [-0.4, -0.2) is 6.71 Å². The lowest BCUT2D eigenvalue weighted by Crippen LogP contribution is -2.61. The summed E-state index contributed by atoms with van der Waals surface area (Å²) < 4.78 is 53.2. The van der Waals surface area contributed by atoms with Crippen molar-refractivity contribution in [1.82, 2.24) is 0 Å². The summed E-state index contributed by atoms with van der Waals surface area (Å²) >= 11 is 0. The van der Waals surface area contributed by atoms with Crippen LogP contribution in [0.2, 0.25) is 0 Å². The number of rotatable bonds is 3. The SMILES string of the molecule is [2H]c1c([2H])c([2H])c(-c2cc3c4c(c2)N(c2c(C)cc(C(C)(C)C)cc2C)c2ccc(C(C)(C)C)cc2B4c2c(oc4cc5c(cc24)C2(C)CCC5(C)CC2)N3c2ccc3c(c2)C(C)(C)CCC3(C)C)c([2H])c1[2H]. The normalized spacial score (nSPS) is 22.9. The molecule has 0 saturated heterocycles. The summed E-state index contributed by atoms with van der Waals surface area (Å²) in [5, 5.41) is 1.15. The van der Waals surface area contributed by atoms with Gasteiger partial charge in [0.1, 0.15) is 5.58 Å². The zero-order valence-corrected chi connectivity index (χ0v) is 43.1. The predicted octanol–water partition coefficient (Wildman–Crippen LogP) is 15.8. The van der Waals surface area contributed by atoms with E-state index in [1.807, 2.05) is 0 Å². The number of hydrogen-bond acceptors (Lipinski definition) is 3. The van der Waals surface area contributed by atoms with Gasteiger partial charge in [0.15, 0.2) is 0 Å². The molecule has 7 aromatic rings. The third kappa shape index (κ3) is 6.23. The van der Waals surface area contributed by atoms with E-state index < -0.39 is 6.04 Å². The zero-order chi connectivity index (χ0) is 52.2. The van der Waals surface area contributed by atoms with Crippen molar-refractivity contribution in [2.45, 2.75) is 168 Å². The highest BCUT2D eigenvalue weighted by molar-refractivity contribution is 7.01. The molecule has 3 nitrogen and oxygen atoms in total. The summed E-state index contributed by atoms with van der Waals surface area (Å²) in [5.74, 6) is 0.775. The van der Waals surface area contributed by atoms with Gasteiger partial charge in [-0.25, -0.2) is 0 Å². The molecule has 4 heteroatoms. The Hall–Kier alpha value is -5.48. The molecule has 3 heterocycles. The first kappa shape index (κ1) is 38.4. The highest BCUT2D eigenvalue weighted by atomic mass is 16.4. The lowest BCUT2D eigenvalue weighted by atomic mass is 9.33. The topological polar surface area (TPSA) is 19.6 Å². The van der Waals surface area contributed by atoms with Gasteiger partial charge in [0.05, 0.1) is 12.5 Å². The summed E-state index contributed by atoms with van der Waals surface area (Å²) in [6, 6.07) is 26.4. The lowest BCUT2D eigenvalue weighted by Gasteiger charge is -2.52. The monoisotopic (exact) mass is 900 g/mol. The average Bonchev–Trinajstić information content (AvgIpc) is 3.69. The van der Waals surface area contributed by atoms with E-state index in [1.165, 1.54) is 64.5 Å². The van der Waals surface area contributed by atoms with Crippen molar-refractivity contribution in [2.24, 2.45) is 0 Å². The first-order valence-corrected chi connectivity index (χ1v) is 25.4.